The topological polar surface area (TPSA) is 76.4 Å². The Morgan fingerprint density at radius 1 is 1.06 bits per heavy atom. The molecular formula is C24H18Cl3N3O3S. The van der Waals surface area contributed by atoms with E-state index in [0.717, 1.165) is 11.1 Å². The van der Waals surface area contributed by atoms with Crippen LogP contribution in [0, 0.1) is 6.92 Å². The SMILES string of the molecule is Cc1ccc2oc(-c3cc(NC(=S)NC(=O)C(C)Oc4ccc(Cl)cc4Cl)ccc3Cl)nc2c1. The molecule has 0 aliphatic rings. The third kappa shape index (κ3) is 5.62. The number of aromatic nitrogens is 1. The predicted octanol–water partition coefficient (Wildman–Crippen LogP) is 7.04. The Hall–Kier alpha value is -2.84. The average molecular weight is 535 g/mol. The van der Waals surface area contributed by atoms with Crippen LogP contribution in [0.25, 0.3) is 22.6 Å². The smallest absolute Gasteiger partial charge is 0.266 e. The Bertz CT molecular complexity index is 1410. The van der Waals surface area contributed by atoms with Crippen LogP contribution in [-0.4, -0.2) is 22.1 Å². The molecule has 0 saturated carbocycles. The van der Waals surface area contributed by atoms with E-state index < -0.39 is 12.0 Å². The summed E-state index contributed by atoms with van der Waals surface area (Å²) >= 11 is 23.7. The van der Waals surface area contributed by atoms with Crippen molar-refractivity contribution in [3.05, 3.63) is 75.2 Å². The molecule has 0 radical (unpaired) electrons. The van der Waals surface area contributed by atoms with Crippen molar-refractivity contribution in [1.29, 1.82) is 0 Å². The minimum Gasteiger partial charge on any atom is -0.479 e. The number of nitrogens with one attached hydrogen (secondary N) is 2. The van der Waals surface area contributed by atoms with Gasteiger partial charge in [-0.15, -0.1) is 0 Å². The molecule has 0 aliphatic heterocycles. The van der Waals surface area contributed by atoms with Gasteiger partial charge in [-0.25, -0.2) is 4.98 Å². The molecule has 1 unspecified atom stereocenters. The van der Waals surface area contributed by atoms with Gasteiger partial charge in [0.1, 0.15) is 11.3 Å². The van der Waals surface area contributed by atoms with Crippen LogP contribution in [0.15, 0.2) is 59.0 Å². The van der Waals surface area contributed by atoms with Gasteiger partial charge in [-0.3, -0.25) is 10.1 Å². The van der Waals surface area contributed by atoms with Crippen LogP contribution in [0.1, 0.15) is 12.5 Å². The molecule has 0 fully saturated rings. The minimum atomic E-state index is -0.859. The Morgan fingerprint density at radius 2 is 1.85 bits per heavy atom. The van der Waals surface area contributed by atoms with E-state index in [-0.39, 0.29) is 5.11 Å². The Balaban J connectivity index is 1.44. The quantitative estimate of drug-likeness (QED) is 0.267. The van der Waals surface area contributed by atoms with Crippen molar-refractivity contribution in [3.63, 3.8) is 0 Å². The molecule has 34 heavy (non-hydrogen) atoms. The van der Waals surface area contributed by atoms with Gasteiger partial charge >= 0.3 is 0 Å². The molecule has 10 heteroatoms. The molecule has 174 valence electrons. The normalized spacial score (nSPS) is 11.8. The second kappa shape index (κ2) is 10.2. The molecule has 0 bridgehead atoms. The minimum absolute atomic E-state index is 0.0871. The van der Waals surface area contributed by atoms with E-state index in [0.29, 0.717) is 43.5 Å². The highest BCUT2D eigenvalue weighted by Gasteiger charge is 2.18. The van der Waals surface area contributed by atoms with E-state index in [9.17, 15) is 4.79 Å². The van der Waals surface area contributed by atoms with Gasteiger partial charge in [-0.2, -0.15) is 0 Å². The highest BCUT2D eigenvalue weighted by atomic mass is 35.5. The number of hydrogen-bond acceptors (Lipinski definition) is 5. The fraction of sp³-hybridized carbons (Fsp3) is 0.125. The molecule has 2 N–H and O–H groups in total. The summed E-state index contributed by atoms with van der Waals surface area (Å²) in [6, 6.07) is 15.7. The van der Waals surface area contributed by atoms with Crippen molar-refractivity contribution in [2.75, 3.05) is 5.32 Å². The van der Waals surface area contributed by atoms with Gasteiger partial charge in [-0.1, -0.05) is 40.9 Å². The lowest BCUT2D eigenvalue weighted by molar-refractivity contribution is -0.125. The third-order valence-corrected chi connectivity index (χ3v) is 5.87. The first kappa shape index (κ1) is 24.3. The standard InChI is InChI=1S/C24H18Cl3N3O3S/c1-12-3-7-21-19(9-12)29-23(33-21)16-11-15(5-6-17(16)26)28-24(34)30-22(31)13(2)32-20-8-4-14(25)10-18(20)27/h3-11,13H,1-2H3,(H2,28,30,31,34). The third-order valence-electron chi connectivity index (χ3n) is 4.80. The molecule has 1 amide bonds. The summed E-state index contributed by atoms with van der Waals surface area (Å²) in [4.78, 5) is 17.0. The van der Waals surface area contributed by atoms with Gasteiger partial charge in [-0.05, 0) is 80.2 Å². The molecule has 3 aromatic carbocycles. The first-order valence-corrected chi connectivity index (χ1v) is 11.6. The molecule has 4 rings (SSSR count). The van der Waals surface area contributed by atoms with Crippen LogP contribution < -0.4 is 15.4 Å². The van der Waals surface area contributed by atoms with E-state index in [1.165, 1.54) is 6.07 Å². The fourth-order valence-corrected chi connectivity index (χ4v) is 3.98. The molecule has 0 aliphatic carbocycles. The summed E-state index contributed by atoms with van der Waals surface area (Å²) < 4.78 is 11.5. The van der Waals surface area contributed by atoms with Crippen molar-refractivity contribution in [3.8, 4) is 17.2 Å². The molecule has 6 nitrogen and oxygen atoms in total. The second-order valence-corrected chi connectivity index (χ2v) is 9.12. The molecule has 0 saturated heterocycles. The summed E-state index contributed by atoms with van der Waals surface area (Å²) in [5, 5.41) is 6.88. The maximum Gasteiger partial charge on any atom is 0.266 e. The van der Waals surface area contributed by atoms with E-state index in [1.807, 2.05) is 25.1 Å². The average Bonchev–Trinajstić information content (AvgIpc) is 3.19. The zero-order valence-electron chi connectivity index (χ0n) is 18.0. The molecule has 1 heterocycles. The molecule has 1 atom stereocenters. The largest absolute Gasteiger partial charge is 0.479 e. The summed E-state index contributed by atoms with van der Waals surface area (Å²) in [6.45, 7) is 3.56. The first-order chi connectivity index (χ1) is 16.2. The van der Waals surface area contributed by atoms with Gasteiger partial charge in [0.25, 0.3) is 5.91 Å². The van der Waals surface area contributed by atoms with Crippen LogP contribution in [0.4, 0.5) is 5.69 Å². The number of aryl methyl sites for hydroxylation is 1. The number of oxazole rings is 1. The number of hydrogen-bond donors (Lipinski definition) is 2. The van der Waals surface area contributed by atoms with E-state index in [4.69, 9.17) is 56.2 Å². The molecule has 4 aromatic rings. The number of carbonyl (C=O) groups excluding carboxylic acids is 1. The number of fused-ring (bicyclic) bond motifs is 1. The zero-order chi connectivity index (χ0) is 24.4. The number of anilines is 1. The van der Waals surface area contributed by atoms with Gasteiger partial charge in [0.15, 0.2) is 16.8 Å². The van der Waals surface area contributed by atoms with E-state index in [1.54, 1.807) is 37.3 Å². The van der Waals surface area contributed by atoms with Crippen LogP contribution >= 0.6 is 47.0 Å². The Labute approximate surface area is 216 Å². The number of halogens is 3. The monoisotopic (exact) mass is 533 g/mol. The van der Waals surface area contributed by atoms with Crippen molar-refractivity contribution < 1.29 is 13.9 Å². The number of carbonyl (C=O) groups is 1. The number of thiocarbonyl (C=S) groups is 1. The van der Waals surface area contributed by atoms with Gasteiger partial charge in [0, 0.05) is 10.7 Å². The van der Waals surface area contributed by atoms with Crippen LogP contribution in [0.2, 0.25) is 15.1 Å². The highest BCUT2D eigenvalue weighted by molar-refractivity contribution is 7.80. The number of nitrogens with zero attached hydrogens (tertiary/aromatic N) is 1. The predicted molar refractivity (Wildman–Crippen MR) is 140 cm³/mol. The Morgan fingerprint density at radius 3 is 2.62 bits per heavy atom. The molecule has 1 aromatic heterocycles. The van der Waals surface area contributed by atoms with Crippen LogP contribution in [0.3, 0.4) is 0 Å². The lowest BCUT2D eigenvalue weighted by Gasteiger charge is -2.17. The Kier molecular flexibility index (Phi) is 7.28. The maximum absolute atomic E-state index is 12.5. The lowest BCUT2D eigenvalue weighted by atomic mass is 10.2. The van der Waals surface area contributed by atoms with Crippen LogP contribution in [-0.2, 0) is 4.79 Å². The van der Waals surface area contributed by atoms with Crippen molar-refractivity contribution in [1.82, 2.24) is 10.3 Å². The number of benzene rings is 3. The summed E-state index contributed by atoms with van der Waals surface area (Å²) in [5.41, 5.74) is 3.65. The van der Waals surface area contributed by atoms with Crippen molar-refractivity contribution in [2.45, 2.75) is 20.0 Å². The van der Waals surface area contributed by atoms with Crippen LogP contribution in [0.5, 0.6) is 5.75 Å². The number of rotatable bonds is 5. The maximum atomic E-state index is 12.5. The lowest BCUT2D eigenvalue weighted by Crippen LogP contribution is -2.42. The van der Waals surface area contributed by atoms with Gasteiger partial charge in [0.05, 0.1) is 15.6 Å². The second-order valence-electron chi connectivity index (χ2n) is 7.46. The zero-order valence-corrected chi connectivity index (χ0v) is 21.1. The molecular weight excluding hydrogens is 517 g/mol. The fourth-order valence-electron chi connectivity index (χ4n) is 3.11. The summed E-state index contributed by atoms with van der Waals surface area (Å²) in [6.07, 6.45) is -0.859. The van der Waals surface area contributed by atoms with Crippen molar-refractivity contribution in [2.24, 2.45) is 0 Å². The number of amides is 1. The molecule has 0 spiro atoms. The van der Waals surface area contributed by atoms with Crippen molar-refractivity contribution >= 4 is 74.8 Å². The first-order valence-electron chi connectivity index (χ1n) is 10.1. The highest BCUT2D eigenvalue weighted by Crippen LogP contribution is 2.32. The number of ether oxygens (including phenoxy) is 1. The van der Waals surface area contributed by atoms with E-state index >= 15 is 0 Å². The summed E-state index contributed by atoms with van der Waals surface area (Å²) in [5.74, 6) is 0.265. The van der Waals surface area contributed by atoms with Gasteiger partial charge in [0.2, 0.25) is 5.89 Å². The summed E-state index contributed by atoms with van der Waals surface area (Å²) in [7, 11) is 0. The van der Waals surface area contributed by atoms with Gasteiger partial charge < -0.3 is 14.5 Å². The van der Waals surface area contributed by atoms with E-state index in [2.05, 4.69) is 15.6 Å².